The summed E-state index contributed by atoms with van der Waals surface area (Å²) in [6, 6.07) is 0.580. The van der Waals surface area contributed by atoms with E-state index < -0.39 is 0 Å². The van der Waals surface area contributed by atoms with Gasteiger partial charge in [-0.25, -0.2) is 0 Å². The lowest BCUT2D eigenvalue weighted by molar-refractivity contribution is 0.462. The maximum atomic E-state index is 5.75. The van der Waals surface area contributed by atoms with E-state index in [-0.39, 0.29) is 0 Å². The standard InChI is InChI=1S/C10H19N/c11-10-7-9(10)6-5-8-3-1-2-4-8/h8-10H,1-7,11H2. The summed E-state index contributed by atoms with van der Waals surface area (Å²) in [5, 5.41) is 0. The highest BCUT2D eigenvalue weighted by Crippen LogP contribution is 2.37. The van der Waals surface area contributed by atoms with Crippen LogP contribution in [-0.4, -0.2) is 6.04 Å². The molecule has 0 amide bonds. The van der Waals surface area contributed by atoms with Crippen molar-refractivity contribution in [3.05, 3.63) is 0 Å². The van der Waals surface area contributed by atoms with Crippen LogP contribution in [0.4, 0.5) is 0 Å². The van der Waals surface area contributed by atoms with Crippen LogP contribution in [0.1, 0.15) is 44.9 Å². The molecule has 0 radical (unpaired) electrons. The van der Waals surface area contributed by atoms with Crippen molar-refractivity contribution in [1.82, 2.24) is 0 Å². The van der Waals surface area contributed by atoms with Gasteiger partial charge in [-0.3, -0.25) is 0 Å². The van der Waals surface area contributed by atoms with Crippen molar-refractivity contribution in [1.29, 1.82) is 0 Å². The highest BCUT2D eigenvalue weighted by atomic mass is 14.7. The molecule has 1 nitrogen and oxygen atoms in total. The van der Waals surface area contributed by atoms with Gasteiger partial charge in [0.05, 0.1) is 0 Å². The van der Waals surface area contributed by atoms with Crippen LogP contribution in [0.25, 0.3) is 0 Å². The Balaban J connectivity index is 1.59. The third-order valence-electron chi connectivity index (χ3n) is 3.40. The first-order chi connectivity index (χ1) is 5.36. The molecule has 2 unspecified atom stereocenters. The molecule has 2 saturated carbocycles. The molecular weight excluding hydrogens is 134 g/mol. The molecule has 0 aromatic rings. The summed E-state index contributed by atoms with van der Waals surface area (Å²) in [7, 11) is 0. The van der Waals surface area contributed by atoms with E-state index in [0.29, 0.717) is 6.04 Å². The van der Waals surface area contributed by atoms with Crippen LogP contribution < -0.4 is 5.73 Å². The van der Waals surface area contributed by atoms with Gasteiger partial charge in [0.15, 0.2) is 0 Å². The monoisotopic (exact) mass is 153 g/mol. The SMILES string of the molecule is NC1CC1CCC1CCCC1. The van der Waals surface area contributed by atoms with Gasteiger partial charge < -0.3 is 5.73 Å². The molecule has 2 aliphatic rings. The van der Waals surface area contributed by atoms with Crippen molar-refractivity contribution in [2.45, 2.75) is 51.0 Å². The summed E-state index contributed by atoms with van der Waals surface area (Å²) in [5.41, 5.74) is 5.75. The molecule has 0 aromatic heterocycles. The van der Waals surface area contributed by atoms with Gasteiger partial charge in [-0.1, -0.05) is 32.1 Å². The Kier molecular flexibility index (Phi) is 2.17. The second-order valence-electron chi connectivity index (χ2n) is 4.39. The van der Waals surface area contributed by atoms with Crippen LogP contribution in [0, 0.1) is 11.8 Å². The fraction of sp³-hybridized carbons (Fsp3) is 1.00. The summed E-state index contributed by atoms with van der Waals surface area (Å²) in [6.45, 7) is 0. The Hall–Kier alpha value is -0.0400. The first-order valence-corrected chi connectivity index (χ1v) is 5.12. The molecule has 2 aliphatic carbocycles. The molecule has 0 spiro atoms. The second kappa shape index (κ2) is 3.14. The highest BCUT2D eigenvalue weighted by Gasteiger charge is 2.33. The summed E-state index contributed by atoms with van der Waals surface area (Å²) < 4.78 is 0. The number of rotatable bonds is 3. The minimum atomic E-state index is 0.580. The van der Waals surface area contributed by atoms with Crippen molar-refractivity contribution < 1.29 is 0 Å². The van der Waals surface area contributed by atoms with Gasteiger partial charge in [-0.15, -0.1) is 0 Å². The van der Waals surface area contributed by atoms with Gasteiger partial charge in [-0.2, -0.15) is 0 Å². The zero-order valence-electron chi connectivity index (χ0n) is 7.26. The molecule has 2 N–H and O–H groups in total. The second-order valence-corrected chi connectivity index (χ2v) is 4.39. The van der Waals surface area contributed by atoms with E-state index in [1.54, 1.807) is 0 Å². The molecule has 0 heterocycles. The van der Waals surface area contributed by atoms with Crippen LogP contribution in [0.15, 0.2) is 0 Å². The molecule has 0 bridgehead atoms. The molecule has 2 atom stereocenters. The van der Waals surface area contributed by atoms with Crippen LogP contribution in [0.2, 0.25) is 0 Å². The Morgan fingerprint density at radius 3 is 2.27 bits per heavy atom. The van der Waals surface area contributed by atoms with Crippen molar-refractivity contribution in [2.24, 2.45) is 17.6 Å². The first kappa shape index (κ1) is 7.60. The van der Waals surface area contributed by atoms with E-state index in [2.05, 4.69) is 0 Å². The Bertz CT molecular complexity index is 127. The molecule has 64 valence electrons. The van der Waals surface area contributed by atoms with Gasteiger partial charge in [0.1, 0.15) is 0 Å². The molecular formula is C10H19N. The molecule has 0 saturated heterocycles. The quantitative estimate of drug-likeness (QED) is 0.661. The van der Waals surface area contributed by atoms with Crippen molar-refractivity contribution in [2.75, 3.05) is 0 Å². The normalized spacial score (nSPS) is 37.9. The van der Waals surface area contributed by atoms with Crippen molar-refractivity contribution >= 4 is 0 Å². The average molecular weight is 153 g/mol. The maximum Gasteiger partial charge on any atom is 0.00709 e. The smallest absolute Gasteiger partial charge is 0.00709 e. The van der Waals surface area contributed by atoms with Gasteiger partial charge in [0, 0.05) is 6.04 Å². The van der Waals surface area contributed by atoms with Crippen molar-refractivity contribution in [3.63, 3.8) is 0 Å². The Morgan fingerprint density at radius 1 is 1.09 bits per heavy atom. The summed E-state index contributed by atoms with van der Waals surface area (Å²) in [4.78, 5) is 0. The van der Waals surface area contributed by atoms with Crippen molar-refractivity contribution in [3.8, 4) is 0 Å². The molecule has 0 aliphatic heterocycles. The van der Waals surface area contributed by atoms with Crippen LogP contribution >= 0.6 is 0 Å². The minimum absolute atomic E-state index is 0.580. The summed E-state index contributed by atoms with van der Waals surface area (Å²) >= 11 is 0. The van der Waals surface area contributed by atoms with E-state index in [4.69, 9.17) is 5.73 Å². The summed E-state index contributed by atoms with van der Waals surface area (Å²) in [5.74, 6) is 1.98. The lowest BCUT2D eigenvalue weighted by Crippen LogP contribution is -2.03. The fourth-order valence-electron chi connectivity index (χ4n) is 2.35. The van der Waals surface area contributed by atoms with Crippen LogP contribution in [0.5, 0.6) is 0 Å². The van der Waals surface area contributed by atoms with Crippen LogP contribution in [-0.2, 0) is 0 Å². The van der Waals surface area contributed by atoms with E-state index in [1.165, 1.54) is 44.9 Å². The molecule has 1 heteroatoms. The van der Waals surface area contributed by atoms with Gasteiger partial charge in [0.2, 0.25) is 0 Å². The third-order valence-corrected chi connectivity index (χ3v) is 3.40. The maximum absolute atomic E-state index is 5.75. The molecule has 2 fully saturated rings. The first-order valence-electron chi connectivity index (χ1n) is 5.12. The third kappa shape index (κ3) is 1.96. The summed E-state index contributed by atoms with van der Waals surface area (Å²) in [6.07, 6.45) is 10.2. The fourth-order valence-corrected chi connectivity index (χ4v) is 2.35. The average Bonchev–Trinajstić information content (AvgIpc) is 2.55. The number of nitrogens with two attached hydrogens (primary N) is 1. The number of hydrogen-bond acceptors (Lipinski definition) is 1. The Morgan fingerprint density at radius 2 is 1.73 bits per heavy atom. The number of hydrogen-bond donors (Lipinski definition) is 1. The predicted molar refractivity (Wildman–Crippen MR) is 47.3 cm³/mol. The lowest BCUT2D eigenvalue weighted by Gasteiger charge is -2.06. The highest BCUT2D eigenvalue weighted by molar-refractivity contribution is 4.90. The van der Waals surface area contributed by atoms with Crippen LogP contribution in [0.3, 0.4) is 0 Å². The molecule has 11 heavy (non-hydrogen) atoms. The van der Waals surface area contributed by atoms with E-state index in [1.807, 2.05) is 0 Å². The van der Waals surface area contributed by atoms with E-state index >= 15 is 0 Å². The topological polar surface area (TPSA) is 26.0 Å². The molecule has 0 aromatic carbocycles. The lowest BCUT2D eigenvalue weighted by atomic mass is 10.00. The van der Waals surface area contributed by atoms with E-state index in [0.717, 1.165) is 11.8 Å². The largest absolute Gasteiger partial charge is 0.327 e. The Labute approximate surface area is 69.4 Å². The van der Waals surface area contributed by atoms with E-state index in [9.17, 15) is 0 Å². The van der Waals surface area contributed by atoms with Gasteiger partial charge in [0.25, 0.3) is 0 Å². The zero-order valence-corrected chi connectivity index (χ0v) is 7.26. The van der Waals surface area contributed by atoms with Gasteiger partial charge in [-0.05, 0) is 24.7 Å². The zero-order chi connectivity index (χ0) is 7.68. The molecule has 2 rings (SSSR count). The minimum Gasteiger partial charge on any atom is -0.327 e. The van der Waals surface area contributed by atoms with Gasteiger partial charge >= 0.3 is 0 Å². The predicted octanol–water partition coefficient (Wildman–Crippen LogP) is 2.30.